The highest BCUT2D eigenvalue weighted by Gasteiger charge is 2.17. The van der Waals surface area contributed by atoms with E-state index in [9.17, 15) is 0 Å². The van der Waals surface area contributed by atoms with E-state index in [0.717, 1.165) is 23.2 Å². The van der Waals surface area contributed by atoms with Crippen LogP contribution in [0.15, 0.2) is 30.3 Å². The van der Waals surface area contributed by atoms with Gasteiger partial charge in [-0.15, -0.1) is 0 Å². The minimum absolute atomic E-state index is 0.448. The van der Waals surface area contributed by atoms with Crippen LogP contribution in [0.4, 0.5) is 5.82 Å². The van der Waals surface area contributed by atoms with Crippen LogP contribution in [0.1, 0.15) is 33.3 Å². The number of fused-ring (bicyclic) bond motifs is 1. The van der Waals surface area contributed by atoms with E-state index >= 15 is 0 Å². The molecule has 0 aliphatic carbocycles. The van der Waals surface area contributed by atoms with Gasteiger partial charge in [0.1, 0.15) is 5.82 Å². The van der Waals surface area contributed by atoms with Crippen molar-refractivity contribution in [2.45, 2.75) is 39.1 Å². The Labute approximate surface area is 130 Å². The minimum Gasteiger partial charge on any atom is -0.354 e. The molecule has 1 aromatic carbocycles. The van der Waals surface area contributed by atoms with E-state index in [4.69, 9.17) is 4.98 Å². The van der Waals surface area contributed by atoms with Gasteiger partial charge in [-0.2, -0.15) is 0 Å². The number of rotatable bonds is 5. The van der Waals surface area contributed by atoms with Crippen molar-refractivity contribution in [2.75, 3.05) is 11.4 Å². The number of benzene rings is 1. The zero-order valence-corrected chi connectivity index (χ0v) is 14.3. The van der Waals surface area contributed by atoms with Crippen molar-refractivity contribution in [3.8, 4) is 0 Å². The highest BCUT2D eigenvalue weighted by molar-refractivity contribution is 9.08. The first-order chi connectivity index (χ1) is 9.52. The molecule has 0 fully saturated rings. The lowest BCUT2D eigenvalue weighted by Gasteiger charge is -2.31. The molecule has 0 bridgehead atoms. The molecule has 108 valence electrons. The van der Waals surface area contributed by atoms with Crippen molar-refractivity contribution in [2.24, 2.45) is 5.92 Å². The van der Waals surface area contributed by atoms with Crippen LogP contribution in [0.3, 0.4) is 0 Å². The first-order valence-electron chi connectivity index (χ1n) is 7.24. The molecular formula is C17H23BrN2. The Bertz CT molecular complexity index is 578. The van der Waals surface area contributed by atoms with Gasteiger partial charge in [0.15, 0.2) is 0 Å². The fourth-order valence-electron chi connectivity index (χ4n) is 2.43. The van der Waals surface area contributed by atoms with Gasteiger partial charge in [0, 0.05) is 28.9 Å². The zero-order chi connectivity index (χ0) is 14.7. The van der Waals surface area contributed by atoms with Crippen LogP contribution in [-0.4, -0.2) is 17.6 Å². The van der Waals surface area contributed by atoms with Crippen LogP contribution in [0.2, 0.25) is 0 Å². The van der Waals surface area contributed by atoms with E-state index in [1.165, 1.54) is 10.9 Å². The Morgan fingerprint density at radius 1 is 1.15 bits per heavy atom. The Kier molecular flexibility index (Phi) is 5.03. The lowest BCUT2D eigenvalue weighted by Crippen LogP contribution is -2.35. The lowest BCUT2D eigenvalue weighted by molar-refractivity contribution is 0.565. The summed E-state index contributed by atoms with van der Waals surface area (Å²) in [6.07, 6.45) is 0. The second-order valence-corrected chi connectivity index (χ2v) is 6.50. The SMILES string of the molecule is CC(C)CN(c1nc2ccccc2cc1CBr)C(C)C. The number of alkyl halides is 1. The average Bonchev–Trinajstić information content (AvgIpc) is 2.42. The number of halogens is 1. The second-order valence-electron chi connectivity index (χ2n) is 5.94. The maximum absolute atomic E-state index is 4.92. The van der Waals surface area contributed by atoms with Crippen molar-refractivity contribution < 1.29 is 0 Å². The lowest BCUT2D eigenvalue weighted by atomic mass is 10.1. The van der Waals surface area contributed by atoms with E-state index in [2.05, 4.69) is 78.9 Å². The molecule has 0 spiro atoms. The maximum Gasteiger partial charge on any atom is 0.133 e. The largest absolute Gasteiger partial charge is 0.354 e. The van der Waals surface area contributed by atoms with Gasteiger partial charge in [0.25, 0.3) is 0 Å². The van der Waals surface area contributed by atoms with Crippen molar-refractivity contribution in [1.29, 1.82) is 0 Å². The maximum atomic E-state index is 4.92. The van der Waals surface area contributed by atoms with Crippen molar-refractivity contribution in [1.82, 2.24) is 4.98 Å². The fourth-order valence-corrected chi connectivity index (χ4v) is 2.84. The van der Waals surface area contributed by atoms with Gasteiger partial charge in [-0.05, 0) is 31.9 Å². The molecule has 1 heterocycles. The Morgan fingerprint density at radius 3 is 2.45 bits per heavy atom. The normalized spacial score (nSPS) is 11.6. The van der Waals surface area contributed by atoms with Crippen molar-refractivity contribution >= 4 is 32.7 Å². The highest BCUT2D eigenvalue weighted by Crippen LogP contribution is 2.27. The van der Waals surface area contributed by atoms with Gasteiger partial charge in [-0.25, -0.2) is 4.98 Å². The third-order valence-corrected chi connectivity index (χ3v) is 3.99. The van der Waals surface area contributed by atoms with E-state index in [0.29, 0.717) is 12.0 Å². The Morgan fingerprint density at radius 2 is 1.85 bits per heavy atom. The van der Waals surface area contributed by atoms with Crippen molar-refractivity contribution in [3.63, 3.8) is 0 Å². The monoisotopic (exact) mass is 334 g/mol. The number of anilines is 1. The number of nitrogens with zero attached hydrogens (tertiary/aromatic N) is 2. The third kappa shape index (κ3) is 3.32. The molecule has 0 unspecified atom stereocenters. The summed E-state index contributed by atoms with van der Waals surface area (Å²) in [5.41, 5.74) is 2.33. The molecule has 0 amide bonds. The summed E-state index contributed by atoms with van der Waals surface area (Å²) in [5.74, 6) is 1.73. The number of aromatic nitrogens is 1. The van der Waals surface area contributed by atoms with E-state index in [1.54, 1.807) is 0 Å². The van der Waals surface area contributed by atoms with E-state index in [-0.39, 0.29) is 0 Å². The van der Waals surface area contributed by atoms with Crippen LogP contribution in [0.25, 0.3) is 10.9 Å². The second kappa shape index (κ2) is 6.57. The predicted molar refractivity (Wildman–Crippen MR) is 91.7 cm³/mol. The highest BCUT2D eigenvalue weighted by atomic mass is 79.9. The summed E-state index contributed by atoms with van der Waals surface area (Å²) in [5, 5.41) is 2.04. The summed E-state index contributed by atoms with van der Waals surface area (Å²) >= 11 is 3.61. The predicted octanol–water partition coefficient (Wildman–Crippen LogP) is 5.00. The fraction of sp³-hybridized carbons (Fsp3) is 0.471. The topological polar surface area (TPSA) is 16.1 Å². The van der Waals surface area contributed by atoms with E-state index < -0.39 is 0 Å². The number of hydrogen-bond acceptors (Lipinski definition) is 2. The van der Waals surface area contributed by atoms with Gasteiger partial charge < -0.3 is 4.90 Å². The summed E-state index contributed by atoms with van der Waals surface area (Å²) < 4.78 is 0. The van der Waals surface area contributed by atoms with Crippen LogP contribution >= 0.6 is 15.9 Å². The van der Waals surface area contributed by atoms with Crippen LogP contribution in [0.5, 0.6) is 0 Å². The van der Waals surface area contributed by atoms with Crippen LogP contribution < -0.4 is 4.90 Å². The molecule has 0 saturated heterocycles. The van der Waals surface area contributed by atoms with Gasteiger partial charge >= 0.3 is 0 Å². The minimum atomic E-state index is 0.448. The average molecular weight is 335 g/mol. The van der Waals surface area contributed by atoms with Crippen LogP contribution in [-0.2, 0) is 5.33 Å². The Balaban J connectivity index is 2.54. The Hall–Kier alpha value is -1.09. The molecular weight excluding hydrogens is 312 g/mol. The zero-order valence-electron chi connectivity index (χ0n) is 12.7. The molecule has 3 heteroatoms. The van der Waals surface area contributed by atoms with Crippen LogP contribution in [0, 0.1) is 5.92 Å². The van der Waals surface area contributed by atoms with Gasteiger partial charge in [0.05, 0.1) is 5.52 Å². The summed E-state index contributed by atoms with van der Waals surface area (Å²) in [4.78, 5) is 7.33. The quantitative estimate of drug-likeness (QED) is 0.715. The molecule has 0 radical (unpaired) electrons. The number of pyridine rings is 1. The molecule has 1 aromatic heterocycles. The molecule has 20 heavy (non-hydrogen) atoms. The van der Waals surface area contributed by atoms with Gasteiger partial charge in [-0.1, -0.05) is 48.0 Å². The molecule has 0 N–H and O–H groups in total. The molecule has 0 saturated carbocycles. The first kappa shape index (κ1) is 15.3. The summed E-state index contributed by atoms with van der Waals surface area (Å²) in [6, 6.07) is 11.0. The standard InChI is InChI=1S/C17H23BrN2/c1-12(2)11-20(13(3)4)17-15(10-18)9-14-7-5-6-8-16(14)19-17/h5-9,12-13H,10-11H2,1-4H3. The molecule has 2 rings (SSSR count). The first-order valence-corrected chi connectivity index (χ1v) is 8.36. The van der Waals surface area contributed by atoms with Gasteiger partial charge in [-0.3, -0.25) is 0 Å². The molecule has 0 aliphatic heterocycles. The molecule has 0 atom stereocenters. The number of para-hydroxylation sites is 1. The van der Waals surface area contributed by atoms with Gasteiger partial charge in [0.2, 0.25) is 0 Å². The summed E-state index contributed by atoms with van der Waals surface area (Å²) in [6.45, 7) is 10.0. The smallest absolute Gasteiger partial charge is 0.133 e. The summed E-state index contributed by atoms with van der Waals surface area (Å²) in [7, 11) is 0. The van der Waals surface area contributed by atoms with E-state index in [1.807, 2.05) is 0 Å². The molecule has 0 aliphatic rings. The molecule has 2 nitrogen and oxygen atoms in total. The van der Waals surface area contributed by atoms with Crippen molar-refractivity contribution in [3.05, 3.63) is 35.9 Å². The third-order valence-electron chi connectivity index (χ3n) is 3.38. The molecule has 2 aromatic rings. The number of hydrogen-bond donors (Lipinski definition) is 0.